The number of hydrogen-bond acceptors (Lipinski definition) is 1. The maximum Gasteiger partial charge on any atom is 0.328 e. The van der Waals surface area contributed by atoms with Gasteiger partial charge in [0.1, 0.15) is 0 Å². The number of halogens is 1. The van der Waals surface area contributed by atoms with Crippen LogP contribution in [0.25, 0.3) is 6.08 Å². The highest BCUT2D eigenvalue weighted by Crippen LogP contribution is 2.10. The van der Waals surface area contributed by atoms with Crippen LogP contribution < -0.4 is 0 Å². The Bertz CT molecular complexity index is 363. The van der Waals surface area contributed by atoms with Crippen molar-refractivity contribution in [2.45, 2.75) is 0 Å². The Morgan fingerprint density at radius 1 is 1.21 bits per heavy atom. The first kappa shape index (κ1) is 10.5. The van der Waals surface area contributed by atoms with E-state index in [0.717, 1.165) is 11.6 Å². The topological polar surface area (TPSA) is 37.3 Å². The Balaban J connectivity index is 2.60. The molecule has 0 heterocycles. The normalized spacial score (nSPS) is 11.2. The molecule has 14 heavy (non-hydrogen) atoms. The molecule has 0 saturated heterocycles. The summed E-state index contributed by atoms with van der Waals surface area (Å²) in [5.74, 6) is -0.953. The van der Waals surface area contributed by atoms with Crippen LogP contribution in [0.15, 0.2) is 42.5 Å². The van der Waals surface area contributed by atoms with Crippen LogP contribution in [0, 0.1) is 0 Å². The number of carbonyl (C=O) groups is 1. The predicted octanol–water partition coefficient (Wildman–Crippen LogP) is 2.99. The van der Waals surface area contributed by atoms with Gasteiger partial charge >= 0.3 is 5.97 Å². The molecule has 2 nitrogen and oxygen atoms in total. The monoisotopic (exact) mass is 208 g/mol. The van der Waals surface area contributed by atoms with Gasteiger partial charge in [0.25, 0.3) is 0 Å². The van der Waals surface area contributed by atoms with E-state index in [9.17, 15) is 4.79 Å². The number of carboxylic acids is 1. The van der Waals surface area contributed by atoms with E-state index >= 15 is 0 Å². The van der Waals surface area contributed by atoms with Crippen molar-refractivity contribution >= 4 is 23.6 Å². The van der Waals surface area contributed by atoms with Crippen LogP contribution in [0.3, 0.4) is 0 Å². The number of hydrogen-bond donors (Lipinski definition) is 1. The third-order valence-corrected chi connectivity index (χ3v) is 1.76. The molecule has 0 amide bonds. The molecule has 0 bridgehead atoms. The molecule has 0 saturated carbocycles. The Labute approximate surface area is 87.1 Å². The van der Waals surface area contributed by atoms with E-state index < -0.39 is 5.97 Å². The molecule has 0 aliphatic rings. The SMILES string of the molecule is O=C(O)/C=C\C=C\c1ccc(Cl)cc1. The van der Waals surface area contributed by atoms with Gasteiger partial charge in [-0.25, -0.2) is 4.79 Å². The third kappa shape index (κ3) is 3.92. The number of benzene rings is 1. The molecule has 0 unspecified atom stereocenters. The zero-order valence-electron chi connectivity index (χ0n) is 7.35. The second-order valence-corrected chi connectivity index (χ2v) is 3.04. The lowest BCUT2D eigenvalue weighted by Crippen LogP contribution is -1.84. The summed E-state index contributed by atoms with van der Waals surface area (Å²) in [5.41, 5.74) is 0.976. The lowest BCUT2D eigenvalue weighted by atomic mass is 10.2. The number of carboxylic acid groups (broad SMARTS) is 1. The summed E-state index contributed by atoms with van der Waals surface area (Å²) in [6, 6.07) is 7.27. The molecule has 3 heteroatoms. The van der Waals surface area contributed by atoms with E-state index in [4.69, 9.17) is 16.7 Å². The maximum atomic E-state index is 10.1. The average Bonchev–Trinajstić information content (AvgIpc) is 2.15. The lowest BCUT2D eigenvalue weighted by molar-refractivity contribution is -0.131. The number of aliphatic carboxylic acids is 1. The molecule has 1 aromatic rings. The van der Waals surface area contributed by atoms with Crippen molar-refractivity contribution in [1.29, 1.82) is 0 Å². The second kappa shape index (κ2) is 5.25. The fourth-order valence-corrected chi connectivity index (χ4v) is 1.00. The largest absolute Gasteiger partial charge is 0.478 e. The molecule has 0 spiro atoms. The van der Waals surface area contributed by atoms with Crippen LogP contribution >= 0.6 is 11.6 Å². The van der Waals surface area contributed by atoms with Gasteiger partial charge in [-0.2, -0.15) is 0 Å². The second-order valence-electron chi connectivity index (χ2n) is 2.61. The minimum Gasteiger partial charge on any atom is -0.478 e. The van der Waals surface area contributed by atoms with Crippen molar-refractivity contribution in [2.75, 3.05) is 0 Å². The van der Waals surface area contributed by atoms with Gasteiger partial charge in [0.2, 0.25) is 0 Å². The highest BCUT2D eigenvalue weighted by atomic mass is 35.5. The quantitative estimate of drug-likeness (QED) is 0.613. The zero-order chi connectivity index (χ0) is 10.4. The predicted molar refractivity (Wildman–Crippen MR) is 57.3 cm³/mol. The Hall–Kier alpha value is -1.54. The van der Waals surface area contributed by atoms with Crippen LogP contribution in [0.2, 0.25) is 5.02 Å². The summed E-state index contributed by atoms with van der Waals surface area (Å²) in [7, 11) is 0. The zero-order valence-corrected chi connectivity index (χ0v) is 8.11. The Morgan fingerprint density at radius 2 is 1.86 bits per heavy atom. The molecule has 1 N–H and O–H groups in total. The van der Waals surface area contributed by atoms with E-state index in [-0.39, 0.29) is 0 Å². The first-order valence-corrected chi connectivity index (χ1v) is 4.39. The summed E-state index contributed by atoms with van der Waals surface area (Å²) in [4.78, 5) is 10.1. The molecule has 0 radical (unpaired) electrons. The van der Waals surface area contributed by atoms with Crippen molar-refractivity contribution < 1.29 is 9.90 Å². The molecule has 0 aliphatic heterocycles. The summed E-state index contributed by atoms with van der Waals surface area (Å²) < 4.78 is 0. The minimum atomic E-state index is -0.953. The lowest BCUT2D eigenvalue weighted by Gasteiger charge is -1.91. The van der Waals surface area contributed by atoms with E-state index in [0.29, 0.717) is 5.02 Å². The van der Waals surface area contributed by atoms with Crippen molar-refractivity contribution in [2.24, 2.45) is 0 Å². The molecular formula is C11H9ClO2. The van der Waals surface area contributed by atoms with Gasteiger partial charge in [-0.1, -0.05) is 42.0 Å². The van der Waals surface area contributed by atoms with Crippen molar-refractivity contribution in [3.63, 3.8) is 0 Å². The molecule has 0 aromatic heterocycles. The number of allylic oxidation sites excluding steroid dienone is 2. The van der Waals surface area contributed by atoms with E-state index in [2.05, 4.69) is 0 Å². The van der Waals surface area contributed by atoms with Gasteiger partial charge in [-0.3, -0.25) is 0 Å². The summed E-state index contributed by atoms with van der Waals surface area (Å²) >= 11 is 5.70. The average molecular weight is 209 g/mol. The van der Waals surface area contributed by atoms with Gasteiger partial charge in [0, 0.05) is 11.1 Å². The van der Waals surface area contributed by atoms with Gasteiger partial charge < -0.3 is 5.11 Å². The van der Waals surface area contributed by atoms with Crippen LogP contribution in [0.4, 0.5) is 0 Å². The van der Waals surface area contributed by atoms with Crippen LogP contribution in [0.1, 0.15) is 5.56 Å². The molecule has 1 aromatic carbocycles. The van der Waals surface area contributed by atoms with Crippen LogP contribution in [-0.2, 0) is 4.79 Å². The summed E-state index contributed by atoms with van der Waals surface area (Å²) in [6.45, 7) is 0. The van der Waals surface area contributed by atoms with Crippen molar-refractivity contribution in [3.05, 3.63) is 53.1 Å². The fraction of sp³-hybridized carbons (Fsp3) is 0. The first-order chi connectivity index (χ1) is 6.68. The van der Waals surface area contributed by atoms with E-state index in [1.807, 2.05) is 12.1 Å². The third-order valence-electron chi connectivity index (χ3n) is 1.51. The van der Waals surface area contributed by atoms with E-state index in [1.54, 1.807) is 24.3 Å². The van der Waals surface area contributed by atoms with Gasteiger partial charge in [0.15, 0.2) is 0 Å². The smallest absolute Gasteiger partial charge is 0.328 e. The van der Waals surface area contributed by atoms with Crippen molar-refractivity contribution in [1.82, 2.24) is 0 Å². The molecular weight excluding hydrogens is 200 g/mol. The van der Waals surface area contributed by atoms with Crippen molar-refractivity contribution in [3.8, 4) is 0 Å². The molecule has 0 aliphatic carbocycles. The molecule has 0 fully saturated rings. The standard InChI is InChI=1S/C11H9ClO2/c12-10-7-5-9(6-8-10)3-1-2-4-11(13)14/h1-8H,(H,13,14)/b3-1+,4-2-. The highest BCUT2D eigenvalue weighted by molar-refractivity contribution is 6.30. The molecule has 72 valence electrons. The highest BCUT2D eigenvalue weighted by Gasteiger charge is 1.86. The van der Waals surface area contributed by atoms with Gasteiger partial charge in [-0.05, 0) is 17.7 Å². The first-order valence-electron chi connectivity index (χ1n) is 4.02. The Morgan fingerprint density at radius 3 is 2.43 bits per heavy atom. The van der Waals surface area contributed by atoms with Crippen LogP contribution in [-0.4, -0.2) is 11.1 Å². The maximum absolute atomic E-state index is 10.1. The number of rotatable bonds is 3. The van der Waals surface area contributed by atoms with E-state index in [1.165, 1.54) is 6.08 Å². The molecule has 1 rings (SSSR count). The van der Waals surface area contributed by atoms with Gasteiger partial charge in [0.05, 0.1) is 0 Å². The fourth-order valence-electron chi connectivity index (χ4n) is 0.878. The molecule has 0 atom stereocenters. The minimum absolute atomic E-state index is 0.684. The van der Waals surface area contributed by atoms with Gasteiger partial charge in [-0.15, -0.1) is 0 Å². The van der Waals surface area contributed by atoms with Crippen LogP contribution in [0.5, 0.6) is 0 Å². The Kier molecular flexibility index (Phi) is 3.95. The summed E-state index contributed by atoms with van der Waals surface area (Å²) in [5, 5.41) is 8.99. The summed E-state index contributed by atoms with van der Waals surface area (Å²) in [6.07, 6.45) is 6.01.